The van der Waals surface area contributed by atoms with Gasteiger partial charge in [-0.1, -0.05) is 35.9 Å². The Morgan fingerprint density at radius 1 is 0.968 bits per heavy atom. The molecule has 0 spiro atoms. The van der Waals surface area contributed by atoms with Crippen molar-refractivity contribution in [1.29, 1.82) is 0 Å². The van der Waals surface area contributed by atoms with Gasteiger partial charge in [0.2, 0.25) is 0 Å². The van der Waals surface area contributed by atoms with Crippen LogP contribution in [0.5, 0.6) is 17.2 Å². The van der Waals surface area contributed by atoms with Crippen molar-refractivity contribution in [3.8, 4) is 17.2 Å². The van der Waals surface area contributed by atoms with E-state index in [2.05, 4.69) is 42.4 Å². The number of hydrogen-bond donors (Lipinski definition) is 1. The molecule has 8 heteroatoms. The number of benzene rings is 3. The Hall–Kier alpha value is -2.22. The van der Waals surface area contributed by atoms with Crippen molar-refractivity contribution in [2.24, 2.45) is 5.10 Å². The van der Waals surface area contributed by atoms with E-state index in [1.807, 2.05) is 54.6 Å². The van der Waals surface area contributed by atoms with Crippen molar-refractivity contribution in [3.63, 3.8) is 0 Å². The minimum atomic E-state index is 0.372. The molecule has 31 heavy (non-hydrogen) atoms. The van der Waals surface area contributed by atoms with Crippen LogP contribution in [0.1, 0.15) is 16.7 Å². The van der Waals surface area contributed by atoms with E-state index in [1.165, 1.54) is 0 Å². The van der Waals surface area contributed by atoms with Gasteiger partial charge in [-0.05, 0) is 73.3 Å². The summed E-state index contributed by atoms with van der Waals surface area (Å²) in [6, 6.07) is 17.2. The van der Waals surface area contributed by atoms with Crippen LogP contribution in [-0.4, -0.2) is 20.4 Å². The number of ether oxygens (including phenoxy) is 3. The van der Waals surface area contributed by atoms with Gasteiger partial charge >= 0.3 is 0 Å². The summed E-state index contributed by atoms with van der Waals surface area (Å²) in [5.74, 6) is 2.09. The number of halogens is 3. The summed E-state index contributed by atoms with van der Waals surface area (Å²) in [4.78, 5) is 0. The molecule has 3 aromatic carbocycles. The fourth-order valence-corrected chi connectivity index (χ4v) is 4.45. The standard InChI is InChI=1S/C23H21Br2ClN2O3/c1-29-21-8-7-15(11-22(21)30-2)12-27-28-13-16-9-18(24)23(19(25)10-16)31-14-17-5-3-4-6-20(17)26/h3-11,13,27H,12,14H2,1-2H3/b28-13+. The van der Waals surface area contributed by atoms with E-state index in [1.54, 1.807) is 20.4 Å². The molecule has 0 atom stereocenters. The molecule has 0 heterocycles. The van der Waals surface area contributed by atoms with Crippen molar-refractivity contribution < 1.29 is 14.2 Å². The lowest BCUT2D eigenvalue weighted by Crippen LogP contribution is -2.06. The number of nitrogens with one attached hydrogen (secondary N) is 1. The van der Waals surface area contributed by atoms with Crippen LogP contribution in [0.25, 0.3) is 0 Å². The third-order valence-corrected chi connectivity index (χ3v) is 5.93. The second kappa shape index (κ2) is 11.4. The molecule has 0 aliphatic carbocycles. The van der Waals surface area contributed by atoms with Gasteiger partial charge in [-0.25, -0.2) is 0 Å². The number of hydrogen-bond acceptors (Lipinski definition) is 5. The number of rotatable bonds is 9. The summed E-state index contributed by atoms with van der Waals surface area (Å²) >= 11 is 13.3. The van der Waals surface area contributed by atoms with Gasteiger partial charge < -0.3 is 19.6 Å². The third kappa shape index (κ3) is 6.38. The Labute approximate surface area is 203 Å². The van der Waals surface area contributed by atoms with Crippen LogP contribution in [0.15, 0.2) is 68.6 Å². The van der Waals surface area contributed by atoms with Gasteiger partial charge in [0, 0.05) is 10.6 Å². The van der Waals surface area contributed by atoms with E-state index in [0.29, 0.717) is 35.4 Å². The Balaban J connectivity index is 1.61. The molecule has 0 saturated heterocycles. The van der Waals surface area contributed by atoms with Gasteiger partial charge in [0.1, 0.15) is 12.4 Å². The minimum absolute atomic E-state index is 0.372. The highest BCUT2D eigenvalue weighted by Gasteiger charge is 2.10. The molecule has 0 radical (unpaired) electrons. The summed E-state index contributed by atoms with van der Waals surface area (Å²) in [6.07, 6.45) is 1.74. The zero-order valence-electron chi connectivity index (χ0n) is 17.0. The molecular formula is C23H21Br2ClN2O3. The number of methoxy groups -OCH3 is 2. The van der Waals surface area contributed by atoms with Crippen molar-refractivity contribution >= 4 is 49.7 Å². The van der Waals surface area contributed by atoms with Crippen LogP contribution in [0.3, 0.4) is 0 Å². The van der Waals surface area contributed by atoms with Crippen LogP contribution < -0.4 is 19.6 Å². The Bertz CT molecular complexity index is 1050. The van der Waals surface area contributed by atoms with Gasteiger partial charge in [0.05, 0.1) is 35.9 Å². The molecular weight excluding hydrogens is 548 g/mol. The Kier molecular flexibility index (Phi) is 8.63. The molecule has 0 saturated carbocycles. The lowest BCUT2D eigenvalue weighted by molar-refractivity contribution is 0.302. The fourth-order valence-electron chi connectivity index (χ4n) is 2.80. The summed E-state index contributed by atoms with van der Waals surface area (Å²) < 4.78 is 18.2. The van der Waals surface area contributed by atoms with Crippen molar-refractivity contribution in [3.05, 3.63) is 85.3 Å². The zero-order chi connectivity index (χ0) is 22.2. The predicted octanol–water partition coefficient (Wildman–Crippen LogP) is 6.58. The summed E-state index contributed by atoms with van der Waals surface area (Å²) in [5.41, 5.74) is 5.90. The average Bonchev–Trinajstić information content (AvgIpc) is 2.77. The van der Waals surface area contributed by atoms with Gasteiger partial charge in [-0.2, -0.15) is 5.10 Å². The first-order valence-corrected chi connectivity index (χ1v) is 11.3. The molecule has 0 aliphatic rings. The fraction of sp³-hybridized carbons (Fsp3) is 0.174. The number of nitrogens with zero attached hydrogens (tertiary/aromatic N) is 1. The van der Waals surface area contributed by atoms with Crippen LogP contribution in [-0.2, 0) is 13.2 Å². The molecule has 0 amide bonds. The second-order valence-electron chi connectivity index (χ2n) is 6.48. The van der Waals surface area contributed by atoms with E-state index in [-0.39, 0.29) is 0 Å². The first-order chi connectivity index (χ1) is 15.0. The maximum Gasteiger partial charge on any atom is 0.161 e. The van der Waals surface area contributed by atoms with E-state index in [4.69, 9.17) is 25.8 Å². The topological polar surface area (TPSA) is 52.1 Å². The first-order valence-electron chi connectivity index (χ1n) is 9.34. The van der Waals surface area contributed by atoms with Crippen LogP contribution >= 0.6 is 43.5 Å². The third-order valence-electron chi connectivity index (χ3n) is 4.39. The molecule has 0 unspecified atom stereocenters. The average molecular weight is 569 g/mol. The van der Waals surface area contributed by atoms with E-state index >= 15 is 0 Å². The van der Waals surface area contributed by atoms with E-state index in [0.717, 1.165) is 25.6 Å². The molecule has 0 aromatic heterocycles. The predicted molar refractivity (Wildman–Crippen MR) is 132 cm³/mol. The van der Waals surface area contributed by atoms with Gasteiger partial charge in [0.15, 0.2) is 11.5 Å². The van der Waals surface area contributed by atoms with Gasteiger partial charge in [-0.3, -0.25) is 0 Å². The maximum absolute atomic E-state index is 6.20. The highest BCUT2D eigenvalue weighted by atomic mass is 79.9. The van der Waals surface area contributed by atoms with Crippen molar-refractivity contribution in [2.75, 3.05) is 14.2 Å². The highest BCUT2D eigenvalue weighted by molar-refractivity contribution is 9.11. The summed E-state index contributed by atoms with van der Waals surface area (Å²) in [6.45, 7) is 0.926. The van der Waals surface area contributed by atoms with Gasteiger partial charge in [0.25, 0.3) is 0 Å². The monoisotopic (exact) mass is 566 g/mol. The minimum Gasteiger partial charge on any atom is -0.493 e. The summed E-state index contributed by atoms with van der Waals surface area (Å²) in [7, 11) is 3.23. The first kappa shape index (κ1) is 23.4. The van der Waals surface area contributed by atoms with Gasteiger partial charge in [-0.15, -0.1) is 0 Å². The van der Waals surface area contributed by atoms with Crippen LogP contribution in [0.4, 0.5) is 0 Å². The van der Waals surface area contributed by atoms with E-state index in [9.17, 15) is 0 Å². The molecule has 3 rings (SSSR count). The second-order valence-corrected chi connectivity index (χ2v) is 8.59. The normalized spacial score (nSPS) is 10.9. The lowest BCUT2D eigenvalue weighted by Gasteiger charge is -2.12. The number of hydrazone groups is 1. The Morgan fingerprint density at radius 3 is 2.35 bits per heavy atom. The Morgan fingerprint density at radius 2 is 1.68 bits per heavy atom. The lowest BCUT2D eigenvalue weighted by atomic mass is 10.2. The smallest absolute Gasteiger partial charge is 0.161 e. The quantitative estimate of drug-likeness (QED) is 0.234. The maximum atomic E-state index is 6.20. The molecule has 0 fully saturated rings. The van der Waals surface area contributed by atoms with E-state index < -0.39 is 0 Å². The van der Waals surface area contributed by atoms with Crippen molar-refractivity contribution in [1.82, 2.24) is 5.43 Å². The molecule has 0 bridgehead atoms. The molecule has 3 aromatic rings. The van der Waals surface area contributed by atoms with Crippen molar-refractivity contribution in [2.45, 2.75) is 13.2 Å². The molecule has 162 valence electrons. The van der Waals surface area contributed by atoms with Crippen LogP contribution in [0, 0.1) is 0 Å². The molecule has 1 N–H and O–H groups in total. The highest BCUT2D eigenvalue weighted by Crippen LogP contribution is 2.35. The molecule has 0 aliphatic heterocycles. The van der Waals surface area contributed by atoms with Crippen LogP contribution in [0.2, 0.25) is 5.02 Å². The SMILES string of the molecule is COc1ccc(CN/N=C/c2cc(Br)c(OCc3ccccc3Cl)c(Br)c2)cc1OC. The largest absolute Gasteiger partial charge is 0.493 e. The zero-order valence-corrected chi connectivity index (χ0v) is 20.9. The molecule has 5 nitrogen and oxygen atoms in total. The summed E-state index contributed by atoms with van der Waals surface area (Å²) in [5, 5.41) is 4.98.